The van der Waals surface area contributed by atoms with Gasteiger partial charge in [0.1, 0.15) is 18.6 Å². The molecule has 0 unspecified atom stereocenters. The first-order valence-corrected chi connectivity index (χ1v) is 8.23. The van der Waals surface area contributed by atoms with Crippen molar-refractivity contribution in [3.8, 4) is 0 Å². The van der Waals surface area contributed by atoms with Crippen LogP contribution in [-0.4, -0.2) is 45.6 Å². The third-order valence-corrected chi connectivity index (χ3v) is 4.42. The second-order valence-electron chi connectivity index (χ2n) is 6.20. The van der Waals surface area contributed by atoms with Gasteiger partial charge in [-0.05, 0) is 24.5 Å². The van der Waals surface area contributed by atoms with Crippen LogP contribution in [0.15, 0.2) is 41.4 Å². The molecule has 0 radical (unpaired) electrons. The standard InChI is InChI=1S/C17H18N4O4/c22-14-10-24-16(17(23)19-9-12-5-7-25-20-12)15(21(14)13-3-4-13)11-2-1-6-18-8-11/h1-2,5-8,13,15-16H,3-4,9-10H2,(H,19,23)/t15-,16+/m1/s1. The van der Waals surface area contributed by atoms with Gasteiger partial charge in [0.25, 0.3) is 5.91 Å². The van der Waals surface area contributed by atoms with Crippen molar-refractivity contribution >= 4 is 11.8 Å². The fourth-order valence-electron chi connectivity index (χ4n) is 3.12. The lowest BCUT2D eigenvalue weighted by molar-refractivity contribution is -0.165. The quantitative estimate of drug-likeness (QED) is 0.864. The lowest BCUT2D eigenvalue weighted by atomic mass is 9.98. The minimum Gasteiger partial charge on any atom is -0.364 e. The zero-order valence-electron chi connectivity index (χ0n) is 13.5. The average molecular weight is 342 g/mol. The lowest BCUT2D eigenvalue weighted by Crippen LogP contribution is -2.55. The molecule has 1 aliphatic carbocycles. The number of hydrogen-bond acceptors (Lipinski definition) is 6. The summed E-state index contributed by atoms with van der Waals surface area (Å²) in [6.07, 6.45) is 5.92. The lowest BCUT2D eigenvalue weighted by Gasteiger charge is -2.40. The van der Waals surface area contributed by atoms with Crippen LogP contribution in [0.25, 0.3) is 0 Å². The summed E-state index contributed by atoms with van der Waals surface area (Å²) in [6.45, 7) is 0.154. The number of amides is 2. The van der Waals surface area contributed by atoms with Crippen molar-refractivity contribution in [2.75, 3.05) is 6.61 Å². The van der Waals surface area contributed by atoms with Crippen LogP contribution >= 0.6 is 0 Å². The fraction of sp³-hybridized carbons (Fsp3) is 0.412. The van der Waals surface area contributed by atoms with Crippen LogP contribution in [0.5, 0.6) is 0 Å². The van der Waals surface area contributed by atoms with Crippen LogP contribution in [0, 0.1) is 0 Å². The van der Waals surface area contributed by atoms with E-state index in [1.165, 1.54) is 6.26 Å². The number of hydrogen-bond donors (Lipinski definition) is 1. The number of carbonyl (C=O) groups is 2. The van der Waals surface area contributed by atoms with E-state index < -0.39 is 12.1 Å². The summed E-state index contributed by atoms with van der Waals surface area (Å²) in [5, 5.41) is 6.58. The van der Waals surface area contributed by atoms with Crippen molar-refractivity contribution in [3.63, 3.8) is 0 Å². The van der Waals surface area contributed by atoms with Crippen LogP contribution in [0.2, 0.25) is 0 Å². The van der Waals surface area contributed by atoms with Gasteiger partial charge in [-0.2, -0.15) is 0 Å². The van der Waals surface area contributed by atoms with Gasteiger partial charge in [-0.25, -0.2) is 0 Å². The highest BCUT2D eigenvalue weighted by Crippen LogP contribution is 2.39. The SMILES string of the molecule is O=C(NCc1ccon1)[C@H]1OCC(=O)N(C2CC2)[C@@H]1c1cccnc1. The van der Waals surface area contributed by atoms with Crippen molar-refractivity contribution in [2.24, 2.45) is 0 Å². The molecule has 2 aromatic heterocycles. The molecule has 1 saturated heterocycles. The van der Waals surface area contributed by atoms with E-state index in [9.17, 15) is 9.59 Å². The molecule has 4 rings (SSSR count). The Balaban J connectivity index is 1.57. The maximum atomic E-state index is 12.7. The molecule has 2 atom stereocenters. The Hall–Kier alpha value is -2.74. The summed E-state index contributed by atoms with van der Waals surface area (Å²) in [7, 11) is 0. The summed E-state index contributed by atoms with van der Waals surface area (Å²) >= 11 is 0. The van der Waals surface area contributed by atoms with E-state index in [0.29, 0.717) is 5.69 Å². The Morgan fingerprint density at radius 3 is 2.92 bits per heavy atom. The molecule has 3 heterocycles. The second kappa shape index (κ2) is 6.64. The van der Waals surface area contributed by atoms with Crippen molar-refractivity contribution in [3.05, 3.63) is 48.1 Å². The average Bonchev–Trinajstić information content (AvgIpc) is 3.34. The van der Waals surface area contributed by atoms with Gasteiger partial charge in [0.05, 0.1) is 12.6 Å². The largest absolute Gasteiger partial charge is 0.364 e. The maximum absolute atomic E-state index is 12.7. The molecule has 1 saturated carbocycles. The predicted octanol–water partition coefficient (Wildman–Crippen LogP) is 0.817. The highest BCUT2D eigenvalue weighted by molar-refractivity contribution is 5.86. The molecule has 2 amide bonds. The Morgan fingerprint density at radius 2 is 2.24 bits per heavy atom. The van der Waals surface area contributed by atoms with Gasteiger partial charge in [-0.3, -0.25) is 14.6 Å². The topological polar surface area (TPSA) is 97.6 Å². The number of rotatable bonds is 5. The summed E-state index contributed by atoms with van der Waals surface area (Å²) < 4.78 is 10.4. The van der Waals surface area contributed by atoms with Crippen LogP contribution in [0.3, 0.4) is 0 Å². The molecule has 0 bridgehead atoms. The summed E-state index contributed by atoms with van der Waals surface area (Å²) in [5.41, 5.74) is 1.42. The number of morpholine rings is 1. The first kappa shape index (κ1) is 15.8. The highest BCUT2D eigenvalue weighted by atomic mass is 16.5. The van der Waals surface area contributed by atoms with Crippen LogP contribution in [0.4, 0.5) is 0 Å². The summed E-state index contributed by atoms with van der Waals surface area (Å²) in [6, 6.07) is 5.05. The first-order chi connectivity index (χ1) is 12.2. The third-order valence-electron chi connectivity index (χ3n) is 4.42. The molecule has 1 aliphatic heterocycles. The molecule has 1 N–H and O–H groups in total. The number of pyridine rings is 1. The zero-order chi connectivity index (χ0) is 17.2. The number of ether oxygens (including phenoxy) is 1. The molecular weight excluding hydrogens is 324 g/mol. The molecular formula is C17H18N4O4. The minimum atomic E-state index is -0.783. The maximum Gasteiger partial charge on any atom is 0.252 e. The molecule has 8 nitrogen and oxygen atoms in total. The van der Waals surface area contributed by atoms with Crippen LogP contribution in [-0.2, 0) is 20.9 Å². The Kier molecular flexibility index (Phi) is 4.19. The third kappa shape index (κ3) is 3.25. The monoisotopic (exact) mass is 342 g/mol. The number of nitrogens with zero attached hydrogens (tertiary/aromatic N) is 3. The highest BCUT2D eigenvalue weighted by Gasteiger charge is 2.47. The Morgan fingerprint density at radius 1 is 1.36 bits per heavy atom. The Labute approximate surface area is 144 Å². The van der Waals surface area contributed by atoms with Gasteiger partial charge >= 0.3 is 0 Å². The first-order valence-electron chi connectivity index (χ1n) is 8.23. The molecule has 130 valence electrons. The van der Waals surface area contributed by atoms with Crippen molar-refractivity contribution < 1.29 is 18.8 Å². The van der Waals surface area contributed by atoms with E-state index in [1.54, 1.807) is 29.4 Å². The van der Waals surface area contributed by atoms with Gasteiger partial charge in [0.2, 0.25) is 5.91 Å². The van der Waals surface area contributed by atoms with E-state index in [2.05, 4.69) is 15.5 Å². The van der Waals surface area contributed by atoms with Gasteiger partial charge in [-0.1, -0.05) is 11.2 Å². The molecule has 2 aliphatic rings. The second-order valence-corrected chi connectivity index (χ2v) is 6.20. The van der Waals surface area contributed by atoms with Crippen LogP contribution < -0.4 is 5.32 Å². The normalized spacial score (nSPS) is 23.5. The van der Waals surface area contributed by atoms with E-state index in [1.807, 2.05) is 6.07 Å². The van der Waals surface area contributed by atoms with Gasteiger partial charge in [0, 0.05) is 24.5 Å². The van der Waals surface area contributed by atoms with Crippen molar-refractivity contribution in [1.29, 1.82) is 0 Å². The predicted molar refractivity (Wildman–Crippen MR) is 84.9 cm³/mol. The van der Waals surface area contributed by atoms with E-state index in [4.69, 9.17) is 9.26 Å². The van der Waals surface area contributed by atoms with E-state index in [-0.39, 0.29) is 31.0 Å². The number of carbonyl (C=O) groups excluding carboxylic acids is 2. The molecule has 0 aromatic carbocycles. The van der Waals surface area contributed by atoms with E-state index >= 15 is 0 Å². The van der Waals surface area contributed by atoms with Crippen molar-refractivity contribution in [2.45, 2.75) is 37.6 Å². The fourth-order valence-corrected chi connectivity index (χ4v) is 3.12. The van der Waals surface area contributed by atoms with Crippen molar-refractivity contribution in [1.82, 2.24) is 20.4 Å². The molecule has 2 fully saturated rings. The Bertz CT molecular complexity index is 745. The van der Waals surface area contributed by atoms with Gasteiger partial charge < -0.3 is 19.5 Å². The summed E-state index contributed by atoms with van der Waals surface area (Å²) in [4.78, 5) is 31.0. The smallest absolute Gasteiger partial charge is 0.252 e. The zero-order valence-corrected chi connectivity index (χ0v) is 13.5. The molecule has 25 heavy (non-hydrogen) atoms. The van der Waals surface area contributed by atoms with E-state index in [0.717, 1.165) is 18.4 Å². The molecule has 8 heteroatoms. The van der Waals surface area contributed by atoms with Gasteiger partial charge in [-0.15, -0.1) is 0 Å². The van der Waals surface area contributed by atoms with Gasteiger partial charge in [0.15, 0.2) is 6.10 Å². The summed E-state index contributed by atoms with van der Waals surface area (Å²) in [5.74, 6) is -0.369. The number of nitrogens with one attached hydrogen (secondary N) is 1. The molecule has 0 spiro atoms. The number of aromatic nitrogens is 2. The minimum absolute atomic E-state index is 0.0862. The van der Waals surface area contributed by atoms with Crippen LogP contribution in [0.1, 0.15) is 30.1 Å². The molecule has 2 aromatic rings.